The molecule has 0 unspecified atom stereocenters. The lowest BCUT2D eigenvalue weighted by Gasteiger charge is -2.16. The van der Waals surface area contributed by atoms with Crippen LogP contribution >= 0.6 is 27.7 Å². The lowest BCUT2D eigenvalue weighted by molar-refractivity contribution is 0.194. The van der Waals surface area contributed by atoms with Crippen LogP contribution in [0.2, 0.25) is 0 Å². The maximum Gasteiger partial charge on any atom is 0.247 e. The van der Waals surface area contributed by atoms with E-state index in [2.05, 4.69) is 43.0 Å². The standard InChI is InChI=1S/C17H13BrN4O2S/c1-2-9-25-17-20-16-14(21-22-17)10-5-3-4-6-11(10)19-15(24-16)12-7-8-13(18)23-12/h2-8,15,19H,1,9H2/t15-/m0/s1. The fourth-order valence-corrected chi connectivity index (χ4v) is 3.27. The zero-order valence-corrected chi connectivity index (χ0v) is 15.4. The summed E-state index contributed by atoms with van der Waals surface area (Å²) in [7, 11) is 0. The Kier molecular flexibility index (Phi) is 4.46. The van der Waals surface area contributed by atoms with E-state index in [1.165, 1.54) is 11.8 Å². The first-order valence-corrected chi connectivity index (χ1v) is 9.28. The number of nitrogens with one attached hydrogen (secondary N) is 1. The van der Waals surface area contributed by atoms with E-state index in [-0.39, 0.29) is 0 Å². The van der Waals surface area contributed by atoms with Gasteiger partial charge in [-0.1, -0.05) is 36.0 Å². The number of fused-ring (bicyclic) bond motifs is 3. The van der Waals surface area contributed by atoms with Crippen molar-refractivity contribution in [2.75, 3.05) is 11.1 Å². The molecule has 25 heavy (non-hydrogen) atoms. The second kappa shape index (κ2) is 6.89. The highest BCUT2D eigenvalue weighted by Gasteiger charge is 2.27. The van der Waals surface area contributed by atoms with Crippen LogP contribution in [0.15, 0.2) is 63.3 Å². The zero-order chi connectivity index (χ0) is 17.2. The van der Waals surface area contributed by atoms with Crippen molar-refractivity contribution in [3.05, 3.63) is 59.5 Å². The Morgan fingerprint density at radius 2 is 2.12 bits per heavy atom. The lowest BCUT2D eigenvalue weighted by Crippen LogP contribution is -2.16. The molecule has 0 bridgehead atoms. The van der Waals surface area contributed by atoms with E-state index < -0.39 is 6.23 Å². The number of benzene rings is 1. The van der Waals surface area contributed by atoms with Gasteiger partial charge in [0.1, 0.15) is 0 Å². The number of hydrogen-bond acceptors (Lipinski definition) is 7. The van der Waals surface area contributed by atoms with Gasteiger partial charge in [-0.05, 0) is 34.1 Å². The number of rotatable bonds is 4. The van der Waals surface area contributed by atoms with Crippen LogP contribution in [0.3, 0.4) is 0 Å². The summed E-state index contributed by atoms with van der Waals surface area (Å²) in [5.74, 6) is 1.74. The third kappa shape index (κ3) is 3.27. The lowest BCUT2D eigenvalue weighted by atomic mass is 10.1. The van der Waals surface area contributed by atoms with Crippen molar-refractivity contribution in [1.82, 2.24) is 15.2 Å². The number of aromatic nitrogens is 3. The van der Waals surface area contributed by atoms with E-state index in [0.29, 0.717) is 32.9 Å². The molecule has 1 aliphatic rings. The minimum absolute atomic E-state index is 0.413. The van der Waals surface area contributed by atoms with Crippen molar-refractivity contribution in [3.63, 3.8) is 0 Å². The molecule has 8 heteroatoms. The summed E-state index contributed by atoms with van der Waals surface area (Å²) in [4.78, 5) is 4.52. The molecule has 3 heterocycles. The van der Waals surface area contributed by atoms with Crippen LogP contribution < -0.4 is 10.1 Å². The quantitative estimate of drug-likeness (QED) is 0.488. The summed E-state index contributed by atoms with van der Waals surface area (Å²) in [6.45, 7) is 3.71. The molecule has 3 aromatic rings. The largest absolute Gasteiger partial charge is 0.448 e. The van der Waals surface area contributed by atoms with Gasteiger partial charge in [0.15, 0.2) is 16.1 Å². The molecule has 1 aromatic carbocycles. The van der Waals surface area contributed by atoms with E-state index in [0.717, 1.165) is 11.3 Å². The predicted octanol–water partition coefficient (Wildman–Crippen LogP) is 4.68. The number of nitrogens with zero attached hydrogens (tertiary/aromatic N) is 3. The van der Waals surface area contributed by atoms with Crippen molar-refractivity contribution >= 4 is 33.4 Å². The third-order valence-corrected chi connectivity index (χ3v) is 4.78. The molecule has 0 amide bonds. The average Bonchev–Trinajstić information content (AvgIpc) is 2.99. The molecular formula is C17H13BrN4O2S. The molecule has 126 valence electrons. The summed E-state index contributed by atoms with van der Waals surface area (Å²) < 4.78 is 12.4. The molecule has 1 N–H and O–H groups in total. The van der Waals surface area contributed by atoms with Gasteiger partial charge in [-0.15, -0.1) is 16.8 Å². The molecule has 0 saturated heterocycles. The van der Waals surface area contributed by atoms with Gasteiger partial charge in [0.2, 0.25) is 17.3 Å². The Labute approximate surface area is 156 Å². The molecule has 0 fully saturated rings. The number of furan rings is 1. The van der Waals surface area contributed by atoms with Crippen molar-refractivity contribution < 1.29 is 9.15 Å². The maximum absolute atomic E-state index is 6.08. The Morgan fingerprint density at radius 3 is 2.92 bits per heavy atom. The molecular weight excluding hydrogens is 404 g/mol. The fourth-order valence-electron chi connectivity index (χ4n) is 2.44. The molecule has 0 saturated carbocycles. The predicted molar refractivity (Wildman–Crippen MR) is 99.6 cm³/mol. The molecule has 0 aliphatic carbocycles. The van der Waals surface area contributed by atoms with Gasteiger partial charge in [0, 0.05) is 17.0 Å². The number of thioether (sulfide) groups is 1. The average molecular weight is 417 g/mol. The van der Waals surface area contributed by atoms with Crippen LogP contribution in [0, 0.1) is 0 Å². The summed E-state index contributed by atoms with van der Waals surface area (Å²) in [6, 6.07) is 11.5. The first-order chi connectivity index (χ1) is 12.2. The molecule has 0 radical (unpaired) electrons. The molecule has 1 aliphatic heterocycles. The summed E-state index contributed by atoms with van der Waals surface area (Å²) >= 11 is 4.77. The minimum Gasteiger partial charge on any atom is -0.448 e. The van der Waals surface area contributed by atoms with Crippen LogP contribution in [-0.2, 0) is 0 Å². The monoisotopic (exact) mass is 416 g/mol. The topological polar surface area (TPSA) is 73.1 Å². The van der Waals surface area contributed by atoms with Gasteiger partial charge in [-0.2, -0.15) is 4.98 Å². The highest BCUT2D eigenvalue weighted by molar-refractivity contribution is 9.10. The first kappa shape index (κ1) is 16.2. The first-order valence-electron chi connectivity index (χ1n) is 7.51. The summed E-state index contributed by atoms with van der Waals surface area (Å²) in [5, 5.41) is 12.4. The second-order valence-electron chi connectivity index (χ2n) is 5.18. The van der Waals surface area contributed by atoms with E-state index in [4.69, 9.17) is 9.15 Å². The van der Waals surface area contributed by atoms with E-state index in [9.17, 15) is 0 Å². The van der Waals surface area contributed by atoms with Crippen LogP contribution in [0.4, 0.5) is 5.69 Å². The van der Waals surface area contributed by atoms with Gasteiger partial charge in [-0.3, -0.25) is 0 Å². The Morgan fingerprint density at radius 1 is 1.24 bits per heavy atom. The van der Waals surface area contributed by atoms with Crippen LogP contribution in [0.25, 0.3) is 11.3 Å². The number of halogens is 1. The number of anilines is 1. The van der Waals surface area contributed by atoms with Crippen molar-refractivity contribution in [1.29, 1.82) is 0 Å². The van der Waals surface area contributed by atoms with Crippen LogP contribution in [0.5, 0.6) is 5.88 Å². The second-order valence-corrected chi connectivity index (χ2v) is 6.95. The smallest absolute Gasteiger partial charge is 0.247 e. The Balaban J connectivity index is 1.80. The number of para-hydroxylation sites is 1. The fraction of sp³-hybridized carbons (Fsp3) is 0.118. The number of ether oxygens (including phenoxy) is 1. The van der Waals surface area contributed by atoms with Crippen LogP contribution in [-0.4, -0.2) is 20.9 Å². The van der Waals surface area contributed by atoms with Crippen molar-refractivity contribution in [2.24, 2.45) is 0 Å². The maximum atomic E-state index is 6.08. The van der Waals surface area contributed by atoms with E-state index in [1.807, 2.05) is 36.4 Å². The summed E-state index contributed by atoms with van der Waals surface area (Å²) in [6.07, 6.45) is 1.27. The molecule has 0 spiro atoms. The highest BCUT2D eigenvalue weighted by atomic mass is 79.9. The van der Waals surface area contributed by atoms with Gasteiger partial charge >= 0.3 is 0 Å². The summed E-state index contributed by atoms with van der Waals surface area (Å²) in [5.41, 5.74) is 2.35. The van der Waals surface area contributed by atoms with Crippen molar-refractivity contribution in [3.8, 4) is 17.1 Å². The van der Waals surface area contributed by atoms with E-state index >= 15 is 0 Å². The SMILES string of the molecule is C=CCSc1nnc2c(n1)O[C@@H](c1ccc(Br)o1)Nc1ccccc1-2. The molecule has 1 atom stereocenters. The highest BCUT2D eigenvalue weighted by Crippen LogP contribution is 2.39. The molecule has 6 nitrogen and oxygen atoms in total. The van der Waals surface area contributed by atoms with E-state index in [1.54, 1.807) is 6.08 Å². The van der Waals surface area contributed by atoms with Gasteiger partial charge in [-0.25, -0.2) is 0 Å². The molecule has 2 aromatic heterocycles. The van der Waals surface area contributed by atoms with Gasteiger partial charge < -0.3 is 14.5 Å². The normalized spacial score (nSPS) is 15.3. The zero-order valence-electron chi connectivity index (χ0n) is 13.0. The van der Waals surface area contributed by atoms with Crippen LogP contribution in [0.1, 0.15) is 12.0 Å². The van der Waals surface area contributed by atoms with Gasteiger partial charge in [0.25, 0.3) is 0 Å². The Bertz CT molecular complexity index is 931. The number of hydrogen-bond donors (Lipinski definition) is 1. The van der Waals surface area contributed by atoms with Gasteiger partial charge in [0.05, 0.1) is 0 Å². The Hall–Kier alpha value is -2.32. The minimum atomic E-state index is -0.525. The third-order valence-electron chi connectivity index (χ3n) is 3.52. The molecule has 4 rings (SSSR count). The van der Waals surface area contributed by atoms with Crippen molar-refractivity contribution in [2.45, 2.75) is 11.4 Å².